The molecule has 0 aliphatic rings. The number of hydrogen-bond donors (Lipinski definition) is 2. The van der Waals surface area contributed by atoms with Crippen LogP contribution in [0.15, 0.2) is 31.0 Å². The van der Waals surface area contributed by atoms with Crippen molar-refractivity contribution in [3.05, 3.63) is 37.1 Å². The number of carbonyl (C=O) groups is 1. The molecule has 0 aliphatic heterocycles. The number of rotatable bonds is 8. The fraction of sp³-hybridized carbons (Fsp3) is 0.400. The van der Waals surface area contributed by atoms with E-state index >= 15 is 0 Å². The van der Waals surface area contributed by atoms with Gasteiger partial charge in [0.25, 0.3) is 0 Å². The summed E-state index contributed by atoms with van der Waals surface area (Å²) < 4.78 is 8.10. The first-order chi connectivity index (χ1) is 11.9. The van der Waals surface area contributed by atoms with Gasteiger partial charge in [-0.3, -0.25) is 9.36 Å². The smallest absolute Gasteiger partial charge is 0.343 e. The van der Waals surface area contributed by atoms with E-state index < -0.39 is 0 Å². The van der Waals surface area contributed by atoms with Crippen molar-refractivity contribution in [1.82, 2.24) is 14.8 Å². The highest BCUT2D eigenvalue weighted by atomic mass is 79.9. The van der Waals surface area contributed by atoms with E-state index in [-0.39, 0.29) is 17.3 Å². The molecule has 0 saturated carbocycles. The average Bonchev–Trinajstić information content (AvgIpc) is 2.89. The zero-order chi connectivity index (χ0) is 18.4. The second-order valence-corrected chi connectivity index (χ2v) is 7.90. The Morgan fingerprint density at radius 2 is 2.08 bits per heavy atom. The summed E-state index contributed by atoms with van der Waals surface area (Å²) in [5.74, 6) is -0.0458. The van der Waals surface area contributed by atoms with E-state index in [9.17, 15) is 9.59 Å². The van der Waals surface area contributed by atoms with Crippen LogP contribution in [0.4, 0.5) is 5.69 Å². The maximum absolute atomic E-state index is 12.2. The van der Waals surface area contributed by atoms with Crippen molar-refractivity contribution in [2.75, 3.05) is 24.8 Å². The fourth-order valence-electron chi connectivity index (χ4n) is 2.10. The first-order valence-corrected chi connectivity index (χ1v) is 10.0. The Morgan fingerprint density at radius 1 is 1.40 bits per heavy atom. The third-order valence-corrected chi connectivity index (χ3v) is 5.46. The van der Waals surface area contributed by atoms with Gasteiger partial charge in [0.1, 0.15) is 0 Å². The van der Waals surface area contributed by atoms with E-state index in [4.69, 9.17) is 4.74 Å². The van der Waals surface area contributed by atoms with Crippen molar-refractivity contribution >= 4 is 55.2 Å². The molecule has 2 N–H and O–H groups in total. The van der Waals surface area contributed by atoms with Crippen molar-refractivity contribution in [3.63, 3.8) is 0 Å². The highest BCUT2D eigenvalue weighted by molar-refractivity contribution is 9.11. The SMILES string of the molecule is COCCCn1c(SCC(=O)Nc2c(Br)cc(C)cc2Br)n[nH]c1=O. The molecule has 1 heterocycles. The number of aromatic amines is 1. The normalized spacial score (nSPS) is 10.9. The summed E-state index contributed by atoms with van der Waals surface area (Å²) in [5, 5.41) is 9.72. The number of aromatic nitrogens is 3. The summed E-state index contributed by atoms with van der Waals surface area (Å²) in [5.41, 5.74) is 1.46. The van der Waals surface area contributed by atoms with Gasteiger partial charge in [0, 0.05) is 29.2 Å². The van der Waals surface area contributed by atoms with Crippen LogP contribution in [0.5, 0.6) is 0 Å². The number of thioether (sulfide) groups is 1. The lowest BCUT2D eigenvalue weighted by atomic mass is 10.2. The van der Waals surface area contributed by atoms with Gasteiger partial charge in [-0.15, -0.1) is 5.10 Å². The Morgan fingerprint density at radius 3 is 2.72 bits per heavy atom. The predicted octanol–water partition coefficient (Wildman–Crippen LogP) is 3.17. The second kappa shape index (κ2) is 9.56. The maximum Gasteiger partial charge on any atom is 0.343 e. The van der Waals surface area contributed by atoms with Crippen molar-refractivity contribution < 1.29 is 9.53 Å². The van der Waals surface area contributed by atoms with Crippen LogP contribution in [0, 0.1) is 6.92 Å². The summed E-state index contributed by atoms with van der Waals surface area (Å²) in [7, 11) is 1.61. The molecule has 1 amide bonds. The van der Waals surface area contributed by atoms with Gasteiger partial charge in [-0.05, 0) is 62.9 Å². The van der Waals surface area contributed by atoms with Crippen LogP contribution in [-0.2, 0) is 16.1 Å². The van der Waals surface area contributed by atoms with E-state index in [1.807, 2.05) is 19.1 Å². The fourth-order valence-corrected chi connectivity index (χ4v) is 4.49. The van der Waals surface area contributed by atoms with Gasteiger partial charge >= 0.3 is 5.69 Å². The van der Waals surface area contributed by atoms with Gasteiger partial charge in [-0.2, -0.15) is 0 Å². The number of nitrogens with zero attached hydrogens (tertiary/aromatic N) is 2. The Labute approximate surface area is 166 Å². The lowest BCUT2D eigenvalue weighted by Gasteiger charge is -2.11. The van der Waals surface area contributed by atoms with Crippen LogP contribution >= 0.6 is 43.6 Å². The van der Waals surface area contributed by atoms with Gasteiger partial charge in [-0.1, -0.05) is 11.8 Å². The molecule has 0 unspecified atom stereocenters. The van der Waals surface area contributed by atoms with Crippen LogP contribution in [0.1, 0.15) is 12.0 Å². The second-order valence-electron chi connectivity index (χ2n) is 5.25. The van der Waals surface area contributed by atoms with E-state index in [2.05, 4.69) is 47.4 Å². The third-order valence-electron chi connectivity index (χ3n) is 3.24. The average molecular weight is 494 g/mol. The number of amides is 1. The summed E-state index contributed by atoms with van der Waals surface area (Å²) in [6.45, 7) is 3.01. The number of aryl methyl sites for hydroxylation is 1. The molecule has 0 fully saturated rings. The summed E-state index contributed by atoms with van der Waals surface area (Å²) in [4.78, 5) is 24.0. The third kappa shape index (κ3) is 5.70. The summed E-state index contributed by atoms with van der Waals surface area (Å²) >= 11 is 8.10. The number of methoxy groups -OCH3 is 1. The molecule has 0 saturated heterocycles. The number of hydrogen-bond acceptors (Lipinski definition) is 5. The molecule has 136 valence electrons. The molecular formula is C15H18Br2N4O3S. The van der Waals surface area contributed by atoms with Crippen molar-refractivity contribution in [2.45, 2.75) is 25.0 Å². The standard InChI is InChI=1S/C15H18Br2N4O3S/c1-9-6-10(16)13(11(17)7-9)18-12(22)8-25-15-20-19-14(23)21(15)4-3-5-24-2/h6-7H,3-5,8H2,1-2H3,(H,18,22)(H,19,23). The number of H-pyrrole nitrogens is 1. The maximum atomic E-state index is 12.2. The van der Waals surface area contributed by atoms with Gasteiger partial charge in [0.05, 0.1) is 11.4 Å². The number of halogens is 2. The highest BCUT2D eigenvalue weighted by Crippen LogP contribution is 2.32. The number of ether oxygens (including phenoxy) is 1. The molecule has 2 aromatic rings. The molecule has 0 aliphatic carbocycles. The predicted molar refractivity (Wildman–Crippen MR) is 105 cm³/mol. The van der Waals surface area contributed by atoms with Crippen molar-refractivity contribution in [2.24, 2.45) is 0 Å². The Bertz CT molecular complexity index is 783. The summed E-state index contributed by atoms with van der Waals surface area (Å²) in [6, 6.07) is 3.85. The van der Waals surface area contributed by atoms with E-state index in [0.717, 1.165) is 14.5 Å². The molecule has 1 aromatic carbocycles. The minimum absolute atomic E-state index is 0.140. The first-order valence-electron chi connectivity index (χ1n) is 7.44. The number of nitrogens with one attached hydrogen (secondary N) is 2. The molecule has 1 aromatic heterocycles. The largest absolute Gasteiger partial charge is 0.385 e. The van der Waals surface area contributed by atoms with Crippen LogP contribution in [0.25, 0.3) is 0 Å². The Balaban J connectivity index is 1.98. The van der Waals surface area contributed by atoms with E-state index in [0.29, 0.717) is 30.4 Å². The van der Waals surface area contributed by atoms with Crippen LogP contribution in [0.3, 0.4) is 0 Å². The van der Waals surface area contributed by atoms with Crippen LogP contribution < -0.4 is 11.0 Å². The van der Waals surface area contributed by atoms with Crippen LogP contribution in [-0.4, -0.2) is 40.1 Å². The van der Waals surface area contributed by atoms with Gasteiger partial charge in [-0.25, -0.2) is 9.89 Å². The molecular weight excluding hydrogens is 476 g/mol. The quantitative estimate of drug-likeness (QED) is 0.435. The molecule has 7 nitrogen and oxygen atoms in total. The zero-order valence-electron chi connectivity index (χ0n) is 13.8. The van der Waals surface area contributed by atoms with E-state index in [1.54, 1.807) is 7.11 Å². The minimum Gasteiger partial charge on any atom is -0.385 e. The van der Waals surface area contributed by atoms with Crippen molar-refractivity contribution in [1.29, 1.82) is 0 Å². The first kappa shape index (κ1) is 20.2. The molecule has 10 heteroatoms. The molecule has 0 radical (unpaired) electrons. The molecule has 25 heavy (non-hydrogen) atoms. The summed E-state index contributed by atoms with van der Waals surface area (Å²) in [6.07, 6.45) is 0.693. The monoisotopic (exact) mass is 492 g/mol. The topological polar surface area (TPSA) is 89.0 Å². The highest BCUT2D eigenvalue weighted by Gasteiger charge is 2.14. The Kier molecular flexibility index (Phi) is 7.73. The molecule has 0 atom stereocenters. The zero-order valence-corrected chi connectivity index (χ0v) is 17.8. The lowest BCUT2D eigenvalue weighted by Crippen LogP contribution is -2.19. The van der Waals surface area contributed by atoms with Crippen LogP contribution in [0.2, 0.25) is 0 Å². The van der Waals surface area contributed by atoms with E-state index in [1.165, 1.54) is 16.3 Å². The molecule has 0 bridgehead atoms. The molecule has 0 spiro atoms. The number of benzene rings is 1. The molecule has 2 rings (SSSR count). The van der Waals surface area contributed by atoms with Gasteiger partial charge in [0.2, 0.25) is 5.91 Å². The lowest BCUT2D eigenvalue weighted by molar-refractivity contribution is -0.113. The van der Waals surface area contributed by atoms with Gasteiger partial charge < -0.3 is 10.1 Å². The minimum atomic E-state index is -0.289. The van der Waals surface area contributed by atoms with Gasteiger partial charge in [0.15, 0.2) is 5.16 Å². The van der Waals surface area contributed by atoms with Crippen molar-refractivity contribution in [3.8, 4) is 0 Å². The number of anilines is 1. The Hall–Kier alpha value is -1.10. The number of carbonyl (C=O) groups excluding carboxylic acids is 1.